The molecular weight excluding hydrogens is 212 g/mol. The monoisotopic (exact) mass is 220 g/mol. The Morgan fingerprint density at radius 2 is 2.19 bits per heavy atom. The molecule has 6 nitrogen and oxygen atoms in total. The van der Waals surface area contributed by atoms with Crippen LogP contribution in [0.5, 0.6) is 5.75 Å². The molecule has 0 saturated heterocycles. The third-order valence-corrected chi connectivity index (χ3v) is 2.10. The summed E-state index contributed by atoms with van der Waals surface area (Å²) in [6, 6.07) is 2.87. The van der Waals surface area contributed by atoms with Crippen LogP contribution in [0.3, 0.4) is 0 Å². The highest BCUT2D eigenvalue weighted by molar-refractivity contribution is 5.70. The molecule has 6 heteroatoms. The number of carboxylic acids is 1. The lowest BCUT2D eigenvalue weighted by Gasteiger charge is -2.02. The van der Waals surface area contributed by atoms with Crippen LogP contribution in [0.2, 0.25) is 0 Å². The van der Waals surface area contributed by atoms with Crippen LogP contribution in [0.4, 0.5) is 0 Å². The Labute approximate surface area is 89.4 Å². The van der Waals surface area contributed by atoms with Crippen LogP contribution in [-0.4, -0.2) is 25.6 Å². The highest BCUT2D eigenvalue weighted by Gasteiger charge is 2.08. The van der Waals surface area contributed by atoms with Gasteiger partial charge in [-0.15, -0.1) is 0 Å². The second kappa shape index (κ2) is 3.65. The van der Waals surface area contributed by atoms with Crippen molar-refractivity contribution in [3.63, 3.8) is 0 Å². The lowest BCUT2D eigenvalue weighted by atomic mass is 10.2. The van der Waals surface area contributed by atoms with Gasteiger partial charge in [0.05, 0.1) is 12.6 Å². The molecule has 2 aromatic rings. The average molecular weight is 220 g/mol. The summed E-state index contributed by atoms with van der Waals surface area (Å²) >= 11 is 0. The zero-order valence-corrected chi connectivity index (χ0v) is 8.12. The Morgan fingerprint density at radius 1 is 1.44 bits per heavy atom. The fourth-order valence-electron chi connectivity index (χ4n) is 1.39. The summed E-state index contributed by atoms with van der Waals surface area (Å²) < 4.78 is 1.12. The summed E-state index contributed by atoms with van der Waals surface area (Å²) in [4.78, 5) is 26.2. The quantitative estimate of drug-likeness (QED) is 0.744. The molecule has 0 atom stereocenters. The fraction of sp³-hybridized carbons (Fsp3) is 0.100. The Morgan fingerprint density at radius 3 is 2.88 bits per heavy atom. The maximum atomic E-state index is 11.8. The molecule has 0 amide bonds. The first-order chi connectivity index (χ1) is 7.58. The highest BCUT2D eigenvalue weighted by atomic mass is 16.4. The largest absolute Gasteiger partial charge is 0.506 e. The summed E-state index contributed by atoms with van der Waals surface area (Å²) in [5, 5.41) is 17.8. The zero-order chi connectivity index (χ0) is 11.7. The minimum Gasteiger partial charge on any atom is -0.506 e. The number of carboxylic acid groups (broad SMARTS) is 1. The smallest absolute Gasteiger partial charge is 0.308 e. The Balaban J connectivity index is 2.68. The molecule has 0 bridgehead atoms. The first-order valence-corrected chi connectivity index (χ1v) is 4.49. The second-order valence-corrected chi connectivity index (χ2v) is 3.27. The number of aliphatic carboxylic acids is 1. The van der Waals surface area contributed by atoms with Crippen LogP contribution in [0.15, 0.2) is 29.3 Å². The summed E-state index contributed by atoms with van der Waals surface area (Å²) in [5.74, 6) is -1.18. The van der Waals surface area contributed by atoms with Crippen molar-refractivity contribution < 1.29 is 15.0 Å². The van der Waals surface area contributed by atoms with E-state index in [-0.39, 0.29) is 17.7 Å². The van der Waals surface area contributed by atoms with Gasteiger partial charge in [0.1, 0.15) is 11.4 Å². The predicted octanol–water partition coefficient (Wildman–Crippen LogP) is 0.0272. The molecule has 16 heavy (non-hydrogen) atoms. The minimum atomic E-state index is -1.10. The standard InChI is InChI=1S/C10H8N2O4/c13-7-1-2-8-11-4-6(3-9(14)15)10(16)12(8)5-7/h1-2,4-5,13H,3H2,(H,14,15). The van der Waals surface area contributed by atoms with Crippen LogP contribution >= 0.6 is 0 Å². The topological polar surface area (TPSA) is 91.9 Å². The van der Waals surface area contributed by atoms with Gasteiger partial charge in [-0.1, -0.05) is 0 Å². The van der Waals surface area contributed by atoms with Gasteiger partial charge < -0.3 is 10.2 Å². The van der Waals surface area contributed by atoms with Gasteiger partial charge in [-0.3, -0.25) is 14.0 Å². The Bertz CT molecular complexity index is 618. The van der Waals surface area contributed by atoms with Gasteiger partial charge in [0.15, 0.2) is 0 Å². The zero-order valence-electron chi connectivity index (χ0n) is 8.12. The highest BCUT2D eigenvalue weighted by Crippen LogP contribution is 2.08. The van der Waals surface area contributed by atoms with E-state index in [0.29, 0.717) is 5.65 Å². The van der Waals surface area contributed by atoms with Gasteiger partial charge >= 0.3 is 5.97 Å². The Kier molecular flexibility index (Phi) is 2.32. The van der Waals surface area contributed by atoms with Crippen molar-refractivity contribution in [3.8, 4) is 5.75 Å². The molecule has 2 N–H and O–H groups in total. The summed E-state index contributed by atoms with van der Waals surface area (Å²) in [7, 11) is 0. The van der Waals surface area contributed by atoms with E-state index in [9.17, 15) is 14.7 Å². The Hall–Kier alpha value is -2.37. The van der Waals surface area contributed by atoms with Crippen molar-refractivity contribution in [2.45, 2.75) is 6.42 Å². The summed E-state index contributed by atoms with van der Waals surface area (Å²) in [6.07, 6.45) is 2.06. The molecule has 0 fully saturated rings. The number of rotatable bonds is 2. The van der Waals surface area contributed by atoms with E-state index < -0.39 is 11.5 Å². The van der Waals surface area contributed by atoms with Crippen LogP contribution in [0.1, 0.15) is 5.56 Å². The average Bonchev–Trinajstić information content (AvgIpc) is 2.22. The van der Waals surface area contributed by atoms with E-state index in [2.05, 4.69) is 4.98 Å². The molecule has 0 unspecified atom stereocenters. The molecule has 0 aliphatic heterocycles. The van der Waals surface area contributed by atoms with Gasteiger partial charge in [0.25, 0.3) is 5.56 Å². The lowest BCUT2D eigenvalue weighted by Crippen LogP contribution is -2.21. The molecule has 0 aliphatic rings. The number of aromatic nitrogens is 2. The van der Waals surface area contributed by atoms with Gasteiger partial charge in [-0.25, -0.2) is 4.98 Å². The maximum Gasteiger partial charge on any atom is 0.308 e. The molecule has 0 radical (unpaired) electrons. The maximum absolute atomic E-state index is 11.8. The van der Waals surface area contributed by atoms with Gasteiger partial charge in [0, 0.05) is 11.8 Å². The summed E-state index contributed by atoms with van der Waals surface area (Å²) in [5.41, 5.74) is -0.0455. The molecule has 0 spiro atoms. The van der Waals surface area contributed by atoms with Crippen LogP contribution in [-0.2, 0) is 11.2 Å². The fourth-order valence-corrected chi connectivity index (χ4v) is 1.39. The van der Waals surface area contributed by atoms with Crippen LogP contribution in [0, 0.1) is 0 Å². The number of hydrogen-bond acceptors (Lipinski definition) is 4. The van der Waals surface area contributed by atoms with E-state index in [4.69, 9.17) is 5.11 Å². The van der Waals surface area contributed by atoms with Crippen molar-refractivity contribution >= 4 is 11.6 Å². The molecule has 82 valence electrons. The predicted molar refractivity (Wildman–Crippen MR) is 54.5 cm³/mol. The van der Waals surface area contributed by atoms with Crippen molar-refractivity contribution in [1.29, 1.82) is 0 Å². The molecular formula is C10H8N2O4. The van der Waals surface area contributed by atoms with Crippen LogP contribution in [0.25, 0.3) is 5.65 Å². The van der Waals surface area contributed by atoms with E-state index in [1.54, 1.807) is 0 Å². The number of aromatic hydroxyl groups is 1. The summed E-state index contributed by atoms with van der Waals surface area (Å²) in [6.45, 7) is 0. The first-order valence-electron chi connectivity index (χ1n) is 4.49. The molecule has 2 rings (SSSR count). The second-order valence-electron chi connectivity index (χ2n) is 3.27. The van der Waals surface area contributed by atoms with E-state index in [1.807, 2.05) is 0 Å². The van der Waals surface area contributed by atoms with Crippen LogP contribution < -0.4 is 5.56 Å². The molecule has 2 aromatic heterocycles. The number of hydrogen-bond donors (Lipinski definition) is 2. The van der Waals surface area contributed by atoms with E-state index in [0.717, 1.165) is 4.40 Å². The number of nitrogens with zero attached hydrogens (tertiary/aromatic N) is 2. The third kappa shape index (κ3) is 1.72. The van der Waals surface area contributed by atoms with E-state index >= 15 is 0 Å². The molecule has 0 aromatic carbocycles. The third-order valence-electron chi connectivity index (χ3n) is 2.10. The molecule has 2 heterocycles. The lowest BCUT2D eigenvalue weighted by molar-refractivity contribution is -0.136. The first kappa shape index (κ1) is 10.2. The number of fused-ring (bicyclic) bond motifs is 1. The normalized spacial score (nSPS) is 10.5. The molecule has 0 aliphatic carbocycles. The van der Waals surface area contributed by atoms with E-state index in [1.165, 1.54) is 24.5 Å². The van der Waals surface area contributed by atoms with Gasteiger partial charge in [-0.05, 0) is 12.1 Å². The number of carbonyl (C=O) groups is 1. The van der Waals surface area contributed by atoms with Gasteiger partial charge in [-0.2, -0.15) is 0 Å². The minimum absolute atomic E-state index is 0.0793. The SMILES string of the molecule is O=C(O)Cc1cnc2ccc(O)cn2c1=O. The molecule has 0 saturated carbocycles. The van der Waals surface area contributed by atoms with Gasteiger partial charge in [0.2, 0.25) is 0 Å². The van der Waals surface area contributed by atoms with Crippen molar-refractivity contribution in [1.82, 2.24) is 9.38 Å². The van der Waals surface area contributed by atoms with Crippen molar-refractivity contribution in [2.75, 3.05) is 0 Å². The number of pyridine rings is 1. The van der Waals surface area contributed by atoms with Crippen molar-refractivity contribution in [3.05, 3.63) is 40.4 Å². The van der Waals surface area contributed by atoms with Crippen molar-refractivity contribution in [2.24, 2.45) is 0 Å².